The van der Waals surface area contributed by atoms with Crippen molar-refractivity contribution in [2.24, 2.45) is 0 Å². The van der Waals surface area contributed by atoms with E-state index in [4.69, 9.17) is 4.74 Å². The molecular weight excluding hydrogens is 524 g/mol. The number of nitrogens with zero attached hydrogens (tertiary/aromatic N) is 6. The molecule has 1 N–H and O–H groups in total. The predicted molar refractivity (Wildman–Crippen MR) is 157 cm³/mol. The van der Waals surface area contributed by atoms with E-state index in [0.29, 0.717) is 23.6 Å². The number of rotatable bonds is 6. The molecule has 3 aromatic rings. The van der Waals surface area contributed by atoms with Gasteiger partial charge in [0, 0.05) is 50.5 Å². The standard InChI is InChI=1S/C31H39F2N7O/c1-21(2)40-20-31(9-5-4-6-10-31)41-29-24(32)15-23(16-26(29)40)28-25(33)18-35-30(37-28)36-27-8-7-22(17-34-27)19-39-13-11-38(3)12-14-39/h7-8,15-18,21H,4-6,9-14,19-20H2,1-3H3,(H,34,35,36,37). The Kier molecular flexibility index (Phi) is 7.78. The molecular formula is C31H39F2N7O. The highest BCUT2D eigenvalue weighted by molar-refractivity contribution is 5.73. The van der Waals surface area contributed by atoms with Crippen molar-refractivity contribution in [3.63, 3.8) is 0 Å². The lowest BCUT2D eigenvalue weighted by atomic mass is 9.82. The van der Waals surface area contributed by atoms with Gasteiger partial charge in [-0.25, -0.2) is 23.7 Å². The van der Waals surface area contributed by atoms with E-state index in [1.54, 1.807) is 6.07 Å². The van der Waals surface area contributed by atoms with Crippen LogP contribution in [0.15, 0.2) is 36.7 Å². The van der Waals surface area contributed by atoms with Crippen molar-refractivity contribution in [1.29, 1.82) is 0 Å². The Bertz CT molecular complexity index is 1370. The summed E-state index contributed by atoms with van der Waals surface area (Å²) >= 11 is 0. The highest BCUT2D eigenvalue weighted by atomic mass is 19.1. The normalized spacial score (nSPS) is 19.3. The van der Waals surface area contributed by atoms with Crippen LogP contribution < -0.4 is 15.0 Å². The maximum atomic E-state index is 15.6. The highest BCUT2D eigenvalue weighted by Gasteiger charge is 2.42. The molecule has 1 aliphatic carbocycles. The summed E-state index contributed by atoms with van der Waals surface area (Å²) in [5, 5.41) is 3.07. The average Bonchev–Trinajstić information content (AvgIpc) is 2.97. The van der Waals surface area contributed by atoms with Crippen LogP contribution in [-0.2, 0) is 6.54 Å². The van der Waals surface area contributed by atoms with Gasteiger partial charge in [-0.05, 0) is 70.3 Å². The van der Waals surface area contributed by atoms with Crippen LogP contribution in [0.5, 0.6) is 5.75 Å². The molecule has 4 heterocycles. The Morgan fingerprint density at radius 2 is 1.76 bits per heavy atom. The number of likely N-dealkylation sites (N-methyl/N-ethyl adjacent to an activating group) is 1. The molecule has 2 aromatic heterocycles. The molecule has 41 heavy (non-hydrogen) atoms. The Morgan fingerprint density at radius 1 is 0.976 bits per heavy atom. The summed E-state index contributed by atoms with van der Waals surface area (Å²) in [4.78, 5) is 20.0. The van der Waals surface area contributed by atoms with E-state index in [1.165, 1.54) is 12.5 Å². The molecule has 0 bridgehead atoms. The van der Waals surface area contributed by atoms with E-state index in [9.17, 15) is 0 Å². The van der Waals surface area contributed by atoms with Crippen molar-refractivity contribution >= 4 is 17.5 Å². The fourth-order valence-corrected chi connectivity index (χ4v) is 6.19. The number of nitrogens with one attached hydrogen (secondary N) is 1. The molecule has 0 radical (unpaired) electrons. The number of halogens is 2. The molecule has 0 atom stereocenters. The van der Waals surface area contributed by atoms with Crippen LogP contribution in [0.3, 0.4) is 0 Å². The minimum Gasteiger partial charge on any atom is -0.480 e. The van der Waals surface area contributed by atoms with Gasteiger partial charge in [-0.3, -0.25) is 4.90 Å². The number of aromatic nitrogens is 3. The molecule has 1 aromatic carbocycles. The first kappa shape index (κ1) is 27.8. The van der Waals surface area contributed by atoms with Gasteiger partial charge in [0.15, 0.2) is 17.4 Å². The third-order valence-corrected chi connectivity index (χ3v) is 8.58. The van der Waals surface area contributed by atoms with Crippen LogP contribution in [0, 0.1) is 11.6 Å². The zero-order valence-corrected chi connectivity index (χ0v) is 24.2. The molecule has 218 valence electrons. The number of pyridine rings is 1. The van der Waals surface area contributed by atoms with E-state index in [2.05, 4.69) is 55.9 Å². The number of ether oxygens (including phenoxy) is 1. The first-order valence-electron chi connectivity index (χ1n) is 14.7. The summed E-state index contributed by atoms with van der Waals surface area (Å²) in [5.41, 5.74) is 1.75. The maximum absolute atomic E-state index is 15.6. The van der Waals surface area contributed by atoms with Crippen LogP contribution in [-0.4, -0.2) is 76.2 Å². The molecule has 1 spiro atoms. The quantitative estimate of drug-likeness (QED) is 0.415. The van der Waals surface area contributed by atoms with Crippen molar-refractivity contribution in [1.82, 2.24) is 24.8 Å². The molecule has 1 saturated carbocycles. The maximum Gasteiger partial charge on any atom is 0.229 e. The van der Waals surface area contributed by atoms with Gasteiger partial charge in [-0.1, -0.05) is 12.5 Å². The van der Waals surface area contributed by atoms with Crippen LogP contribution in [0.2, 0.25) is 0 Å². The third-order valence-electron chi connectivity index (χ3n) is 8.58. The molecule has 0 unspecified atom stereocenters. The van der Waals surface area contributed by atoms with Crippen LogP contribution in [0.1, 0.15) is 51.5 Å². The Balaban J connectivity index is 1.23. The lowest BCUT2D eigenvalue weighted by Gasteiger charge is -2.48. The highest BCUT2D eigenvalue weighted by Crippen LogP contribution is 2.46. The van der Waals surface area contributed by atoms with E-state index in [1.807, 2.05) is 18.3 Å². The van der Waals surface area contributed by atoms with Gasteiger partial charge in [-0.15, -0.1) is 0 Å². The number of anilines is 3. The molecule has 6 rings (SSSR count). The zero-order valence-electron chi connectivity index (χ0n) is 24.2. The first-order valence-corrected chi connectivity index (χ1v) is 14.7. The van der Waals surface area contributed by atoms with Crippen LogP contribution in [0.25, 0.3) is 11.3 Å². The van der Waals surface area contributed by atoms with Crippen LogP contribution >= 0.6 is 0 Å². The van der Waals surface area contributed by atoms with E-state index in [-0.39, 0.29) is 29.0 Å². The van der Waals surface area contributed by atoms with Gasteiger partial charge in [0.05, 0.1) is 18.4 Å². The lowest BCUT2D eigenvalue weighted by molar-refractivity contribution is 0.0232. The molecule has 8 nitrogen and oxygen atoms in total. The van der Waals surface area contributed by atoms with E-state index in [0.717, 1.165) is 70.2 Å². The average molecular weight is 564 g/mol. The smallest absolute Gasteiger partial charge is 0.229 e. The molecule has 2 fully saturated rings. The van der Waals surface area contributed by atoms with E-state index >= 15 is 8.78 Å². The Hall–Kier alpha value is -3.37. The topological polar surface area (TPSA) is 69.7 Å². The summed E-state index contributed by atoms with van der Waals surface area (Å²) in [6.45, 7) is 9.92. The number of hydrogen-bond donors (Lipinski definition) is 1. The minimum atomic E-state index is -0.623. The number of benzene rings is 1. The molecule has 0 amide bonds. The summed E-state index contributed by atoms with van der Waals surface area (Å²) < 4.78 is 37.1. The van der Waals surface area contributed by atoms with Crippen molar-refractivity contribution in [2.45, 2.75) is 64.1 Å². The van der Waals surface area contributed by atoms with Gasteiger partial charge in [0.25, 0.3) is 0 Å². The molecule has 3 aliphatic rings. The fraction of sp³-hybridized carbons (Fsp3) is 0.516. The number of fused-ring (bicyclic) bond motifs is 1. The van der Waals surface area contributed by atoms with Gasteiger partial charge in [0.1, 0.15) is 17.1 Å². The van der Waals surface area contributed by atoms with Gasteiger partial charge in [-0.2, -0.15) is 0 Å². The summed E-state index contributed by atoms with van der Waals surface area (Å²) in [6.07, 6.45) is 8.11. The summed E-state index contributed by atoms with van der Waals surface area (Å²) in [7, 11) is 2.14. The predicted octanol–water partition coefficient (Wildman–Crippen LogP) is 5.62. The SMILES string of the molecule is CC(C)N1CC2(CCCCC2)Oc2c(F)cc(-c3nc(Nc4ccc(CN5CCN(C)CC5)cn4)ncc3F)cc21. The van der Waals surface area contributed by atoms with Crippen molar-refractivity contribution in [3.8, 4) is 17.0 Å². The Labute approximate surface area is 240 Å². The monoisotopic (exact) mass is 563 g/mol. The number of piperazine rings is 1. The zero-order chi connectivity index (χ0) is 28.6. The lowest BCUT2D eigenvalue weighted by Crippen LogP contribution is -2.54. The summed E-state index contributed by atoms with van der Waals surface area (Å²) in [5.74, 6) is -0.125. The largest absolute Gasteiger partial charge is 0.480 e. The van der Waals surface area contributed by atoms with Crippen molar-refractivity contribution in [2.75, 3.05) is 50.0 Å². The van der Waals surface area contributed by atoms with Crippen molar-refractivity contribution in [3.05, 3.63) is 53.9 Å². The number of hydrogen-bond acceptors (Lipinski definition) is 8. The molecule has 2 aliphatic heterocycles. The second-order valence-corrected chi connectivity index (χ2v) is 12.0. The fourth-order valence-electron chi connectivity index (χ4n) is 6.19. The Morgan fingerprint density at radius 3 is 2.46 bits per heavy atom. The third kappa shape index (κ3) is 5.99. The van der Waals surface area contributed by atoms with Gasteiger partial charge in [0.2, 0.25) is 5.95 Å². The molecule has 10 heteroatoms. The van der Waals surface area contributed by atoms with Gasteiger partial charge >= 0.3 is 0 Å². The van der Waals surface area contributed by atoms with Crippen LogP contribution in [0.4, 0.5) is 26.2 Å². The summed E-state index contributed by atoms with van der Waals surface area (Å²) in [6, 6.07) is 7.13. The van der Waals surface area contributed by atoms with Crippen molar-refractivity contribution < 1.29 is 13.5 Å². The van der Waals surface area contributed by atoms with E-state index < -0.39 is 11.6 Å². The second kappa shape index (κ2) is 11.5. The minimum absolute atomic E-state index is 0.0255. The first-order chi connectivity index (χ1) is 19.8. The van der Waals surface area contributed by atoms with Gasteiger partial charge < -0.3 is 19.9 Å². The molecule has 1 saturated heterocycles. The second-order valence-electron chi connectivity index (χ2n) is 12.0.